The molecule has 0 saturated carbocycles. The molecule has 1 aromatic heterocycles. The van der Waals surface area contributed by atoms with Gasteiger partial charge in [0.1, 0.15) is 5.01 Å². The summed E-state index contributed by atoms with van der Waals surface area (Å²) in [6.07, 6.45) is 0. The first-order valence-corrected chi connectivity index (χ1v) is 7.44. The zero-order valence-corrected chi connectivity index (χ0v) is 11.8. The van der Waals surface area contributed by atoms with Crippen LogP contribution >= 0.6 is 22.9 Å². The number of fused-ring (bicyclic) bond motifs is 1. The standard InChI is InChI=1S/C15H13ClN2S/c16-9-11-5-1-2-6-12(11)17-10-15-18-13-7-3-4-8-14(13)19-15/h1-8,17H,9-10H2. The molecule has 4 heteroatoms. The van der Waals surface area contributed by atoms with E-state index in [4.69, 9.17) is 11.6 Å². The van der Waals surface area contributed by atoms with E-state index < -0.39 is 0 Å². The van der Waals surface area contributed by atoms with Crippen molar-refractivity contribution in [3.05, 3.63) is 59.1 Å². The van der Waals surface area contributed by atoms with Crippen molar-refractivity contribution in [3.63, 3.8) is 0 Å². The lowest BCUT2D eigenvalue weighted by Crippen LogP contribution is -2.01. The smallest absolute Gasteiger partial charge is 0.113 e. The first-order valence-electron chi connectivity index (χ1n) is 6.09. The number of thiazole rings is 1. The fraction of sp³-hybridized carbons (Fsp3) is 0.133. The Labute approximate surface area is 121 Å². The van der Waals surface area contributed by atoms with Crippen molar-refractivity contribution in [1.29, 1.82) is 0 Å². The number of nitrogens with one attached hydrogen (secondary N) is 1. The maximum absolute atomic E-state index is 5.93. The molecule has 1 N–H and O–H groups in total. The van der Waals surface area contributed by atoms with Crippen LogP contribution in [0.4, 0.5) is 5.69 Å². The quantitative estimate of drug-likeness (QED) is 0.707. The molecule has 0 radical (unpaired) electrons. The minimum atomic E-state index is 0.517. The van der Waals surface area contributed by atoms with Crippen LogP contribution in [0.25, 0.3) is 10.2 Å². The van der Waals surface area contributed by atoms with E-state index in [-0.39, 0.29) is 0 Å². The van der Waals surface area contributed by atoms with Crippen molar-refractivity contribution in [2.45, 2.75) is 12.4 Å². The molecule has 2 nitrogen and oxygen atoms in total. The third kappa shape index (κ3) is 2.72. The van der Waals surface area contributed by atoms with E-state index in [0.717, 1.165) is 28.3 Å². The van der Waals surface area contributed by atoms with E-state index >= 15 is 0 Å². The Kier molecular flexibility index (Phi) is 3.67. The van der Waals surface area contributed by atoms with Gasteiger partial charge in [-0.1, -0.05) is 30.3 Å². The number of halogens is 1. The van der Waals surface area contributed by atoms with Crippen LogP contribution in [0.5, 0.6) is 0 Å². The zero-order valence-electron chi connectivity index (χ0n) is 10.3. The van der Waals surface area contributed by atoms with Gasteiger partial charge in [-0.15, -0.1) is 22.9 Å². The Morgan fingerprint density at radius 1 is 1.05 bits per heavy atom. The van der Waals surface area contributed by atoms with Crippen LogP contribution in [0.3, 0.4) is 0 Å². The number of anilines is 1. The lowest BCUT2D eigenvalue weighted by molar-refractivity contribution is 1.11. The van der Waals surface area contributed by atoms with Gasteiger partial charge in [-0.3, -0.25) is 0 Å². The molecule has 0 atom stereocenters. The van der Waals surface area contributed by atoms with Gasteiger partial charge in [0.15, 0.2) is 0 Å². The second-order valence-electron chi connectivity index (χ2n) is 4.22. The maximum atomic E-state index is 5.93. The topological polar surface area (TPSA) is 24.9 Å². The van der Waals surface area contributed by atoms with E-state index in [2.05, 4.69) is 16.4 Å². The van der Waals surface area contributed by atoms with Crippen molar-refractivity contribution < 1.29 is 0 Å². The predicted molar refractivity (Wildman–Crippen MR) is 82.9 cm³/mol. The number of para-hydroxylation sites is 2. The molecule has 0 aliphatic rings. The molecular weight excluding hydrogens is 276 g/mol. The van der Waals surface area contributed by atoms with Crippen molar-refractivity contribution in [2.75, 3.05) is 5.32 Å². The molecule has 0 amide bonds. The highest BCUT2D eigenvalue weighted by Gasteiger charge is 2.04. The Hall–Kier alpha value is -1.58. The van der Waals surface area contributed by atoms with Crippen molar-refractivity contribution in [2.24, 2.45) is 0 Å². The SMILES string of the molecule is ClCc1ccccc1NCc1nc2ccccc2s1. The molecule has 1 heterocycles. The summed E-state index contributed by atoms with van der Waals surface area (Å²) >= 11 is 7.65. The summed E-state index contributed by atoms with van der Waals surface area (Å²) in [4.78, 5) is 4.61. The van der Waals surface area contributed by atoms with Crippen LogP contribution in [-0.2, 0) is 12.4 Å². The minimum absolute atomic E-state index is 0.517. The minimum Gasteiger partial charge on any atom is -0.378 e. The summed E-state index contributed by atoms with van der Waals surface area (Å²) in [6.45, 7) is 0.729. The first kappa shape index (κ1) is 12.5. The molecule has 3 rings (SSSR count). The van der Waals surface area contributed by atoms with Gasteiger partial charge < -0.3 is 5.32 Å². The van der Waals surface area contributed by atoms with Gasteiger partial charge in [-0.25, -0.2) is 4.98 Å². The van der Waals surface area contributed by atoms with Crippen LogP contribution in [0.1, 0.15) is 10.6 Å². The first-order chi connectivity index (χ1) is 9.36. The molecule has 96 valence electrons. The van der Waals surface area contributed by atoms with Crippen molar-refractivity contribution >= 4 is 38.8 Å². The number of rotatable bonds is 4. The number of aromatic nitrogens is 1. The zero-order chi connectivity index (χ0) is 13.1. The van der Waals surface area contributed by atoms with E-state index in [0.29, 0.717) is 5.88 Å². The molecule has 19 heavy (non-hydrogen) atoms. The Morgan fingerprint density at radius 2 is 1.84 bits per heavy atom. The number of hydrogen-bond acceptors (Lipinski definition) is 3. The van der Waals surface area contributed by atoms with Gasteiger partial charge in [-0.05, 0) is 23.8 Å². The van der Waals surface area contributed by atoms with Crippen LogP contribution in [0.2, 0.25) is 0 Å². The maximum Gasteiger partial charge on any atom is 0.113 e. The van der Waals surface area contributed by atoms with Crippen LogP contribution in [0.15, 0.2) is 48.5 Å². The highest BCUT2D eigenvalue weighted by Crippen LogP contribution is 2.23. The molecule has 0 aliphatic carbocycles. The second kappa shape index (κ2) is 5.59. The van der Waals surface area contributed by atoms with Gasteiger partial charge >= 0.3 is 0 Å². The van der Waals surface area contributed by atoms with Crippen LogP contribution < -0.4 is 5.32 Å². The number of nitrogens with zero attached hydrogens (tertiary/aromatic N) is 1. The van der Waals surface area contributed by atoms with Gasteiger partial charge in [0, 0.05) is 11.6 Å². The monoisotopic (exact) mass is 288 g/mol. The van der Waals surface area contributed by atoms with E-state index in [1.807, 2.05) is 42.5 Å². The predicted octanol–water partition coefficient (Wildman–Crippen LogP) is 4.65. The summed E-state index contributed by atoms with van der Waals surface area (Å²) in [5.74, 6) is 0.517. The lowest BCUT2D eigenvalue weighted by atomic mass is 10.2. The van der Waals surface area contributed by atoms with E-state index in [1.165, 1.54) is 4.70 Å². The molecule has 2 aromatic carbocycles. The Morgan fingerprint density at radius 3 is 2.68 bits per heavy atom. The molecule has 0 aliphatic heterocycles. The number of alkyl halides is 1. The van der Waals surface area contributed by atoms with Gasteiger partial charge in [-0.2, -0.15) is 0 Å². The summed E-state index contributed by atoms with van der Waals surface area (Å²) < 4.78 is 1.23. The Balaban J connectivity index is 1.78. The largest absolute Gasteiger partial charge is 0.378 e. The van der Waals surface area contributed by atoms with E-state index in [9.17, 15) is 0 Å². The normalized spacial score (nSPS) is 10.8. The third-order valence-corrected chi connectivity index (χ3v) is 4.25. The Bertz CT molecular complexity index is 660. The van der Waals surface area contributed by atoms with Gasteiger partial charge in [0.25, 0.3) is 0 Å². The highest BCUT2D eigenvalue weighted by atomic mass is 35.5. The van der Waals surface area contributed by atoms with Gasteiger partial charge in [0.2, 0.25) is 0 Å². The lowest BCUT2D eigenvalue weighted by Gasteiger charge is -2.08. The average molecular weight is 289 g/mol. The van der Waals surface area contributed by atoms with Crippen LogP contribution in [0, 0.1) is 0 Å². The van der Waals surface area contributed by atoms with Crippen molar-refractivity contribution in [3.8, 4) is 0 Å². The number of hydrogen-bond donors (Lipinski definition) is 1. The van der Waals surface area contributed by atoms with E-state index in [1.54, 1.807) is 11.3 Å². The molecule has 0 saturated heterocycles. The molecule has 0 unspecified atom stereocenters. The van der Waals surface area contributed by atoms with Crippen LogP contribution in [-0.4, -0.2) is 4.98 Å². The average Bonchev–Trinajstić information content (AvgIpc) is 2.88. The molecular formula is C15H13ClN2S. The molecule has 3 aromatic rings. The summed E-state index contributed by atoms with van der Waals surface area (Å²) in [5, 5.41) is 4.49. The van der Waals surface area contributed by atoms with Gasteiger partial charge in [0.05, 0.1) is 16.8 Å². The molecule has 0 spiro atoms. The fourth-order valence-corrected chi connectivity index (χ4v) is 3.12. The summed E-state index contributed by atoms with van der Waals surface area (Å²) in [6, 6.07) is 16.3. The molecule has 0 fully saturated rings. The third-order valence-electron chi connectivity index (χ3n) is 2.93. The highest BCUT2D eigenvalue weighted by molar-refractivity contribution is 7.18. The van der Waals surface area contributed by atoms with Crippen molar-refractivity contribution in [1.82, 2.24) is 4.98 Å². The summed E-state index contributed by atoms with van der Waals surface area (Å²) in [7, 11) is 0. The second-order valence-corrected chi connectivity index (χ2v) is 5.60. The summed E-state index contributed by atoms with van der Waals surface area (Å²) in [5.41, 5.74) is 3.26. The fourth-order valence-electron chi connectivity index (χ4n) is 1.98. The number of benzene rings is 2. The molecule has 0 bridgehead atoms.